The number of para-hydroxylation sites is 1. The number of ether oxygens (including phenoxy) is 1. The molecule has 2 heterocycles. The number of aromatic nitrogens is 3. The monoisotopic (exact) mass is 391 g/mol. The van der Waals surface area contributed by atoms with Gasteiger partial charge in [0.05, 0.1) is 11.8 Å². The lowest BCUT2D eigenvalue weighted by Crippen LogP contribution is -2.19. The van der Waals surface area contributed by atoms with Crippen molar-refractivity contribution in [3.05, 3.63) is 54.4 Å². The maximum Gasteiger partial charge on any atom is 0.422 e. The van der Waals surface area contributed by atoms with Crippen LogP contribution in [0.25, 0.3) is 11.1 Å². The number of carbonyl (C=O) groups excluding carboxylic acids is 1. The van der Waals surface area contributed by atoms with Crippen LogP contribution in [-0.4, -0.2) is 33.5 Å². The van der Waals surface area contributed by atoms with E-state index in [0.717, 1.165) is 0 Å². The molecule has 3 aromatic rings. The van der Waals surface area contributed by atoms with Gasteiger partial charge in [-0.05, 0) is 18.2 Å². The summed E-state index contributed by atoms with van der Waals surface area (Å²) in [7, 11) is 1.68. The number of pyridine rings is 1. The molecule has 0 unspecified atom stereocenters. The van der Waals surface area contributed by atoms with Crippen LogP contribution < -0.4 is 15.8 Å². The molecule has 10 heteroatoms. The van der Waals surface area contributed by atoms with Gasteiger partial charge in [-0.3, -0.25) is 9.48 Å². The summed E-state index contributed by atoms with van der Waals surface area (Å²) in [5.41, 5.74) is 7.06. The molecular weight excluding hydrogens is 375 g/mol. The number of nitrogens with two attached hydrogens (primary N) is 1. The molecule has 0 aliphatic carbocycles. The molecule has 7 nitrogen and oxygen atoms in total. The summed E-state index contributed by atoms with van der Waals surface area (Å²) in [6.07, 6.45) is -1.51. The molecule has 0 bridgehead atoms. The second-order valence-electron chi connectivity index (χ2n) is 5.89. The van der Waals surface area contributed by atoms with Crippen molar-refractivity contribution in [3.63, 3.8) is 0 Å². The zero-order valence-electron chi connectivity index (χ0n) is 14.7. The third kappa shape index (κ3) is 4.58. The zero-order valence-corrected chi connectivity index (χ0v) is 14.7. The Kier molecular flexibility index (Phi) is 5.21. The minimum atomic E-state index is -4.46. The maximum atomic E-state index is 12.5. The van der Waals surface area contributed by atoms with Crippen molar-refractivity contribution in [2.75, 3.05) is 17.7 Å². The first kappa shape index (κ1) is 19.2. The van der Waals surface area contributed by atoms with Gasteiger partial charge in [-0.2, -0.15) is 18.3 Å². The highest BCUT2D eigenvalue weighted by Crippen LogP contribution is 2.34. The van der Waals surface area contributed by atoms with E-state index in [2.05, 4.69) is 15.4 Å². The second kappa shape index (κ2) is 7.59. The van der Waals surface area contributed by atoms with Crippen molar-refractivity contribution >= 4 is 17.5 Å². The van der Waals surface area contributed by atoms with Crippen LogP contribution in [0.1, 0.15) is 10.4 Å². The van der Waals surface area contributed by atoms with E-state index in [1.807, 2.05) is 0 Å². The summed E-state index contributed by atoms with van der Waals surface area (Å²) < 4.78 is 43.7. The molecule has 0 aliphatic rings. The van der Waals surface area contributed by atoms with E-state index in [9.17, 15) is 18.0 Å². The van der Waals surface area contributed by atoms with E-state index in [1.54, 1.807) is 37.5 Å². The van der Waals surface area contributed by atoms with Gasteiger partial charge in [0, 0.05) is 24.4 Å². The molecule has 0 fully saturated rings. The number of alkyl halides is 3. The minimum absolute atomic E-state index is 0.0282. The fourth-order valence-electron chi connectivity index (χ4n) is 2.47. The highest BCUT2D eigenvalue weighted by atomic mass is 19.4. The van der Waals surface area contributed by atoms with Gasteiger partial charge in [-0.15, -0.1) is 0 Å². The number of halogens is 3. The minimum Gasteiger partial charge on any atom is -0.483 e. The zero-order chi connectivity index (χ0) is 20.3. The SMILES string of the molecule is Cn1cc(C(=O)Nc2ccc(-c3ccccc3OCC(F)(F)F)c(N)n2)cn1. The predicted octanol–water partition coefficient (Wildman–Crippen LogP) is 3.26. The molecule has 1 aromatic carbocycles. The predicted molar refractivity (Wildman–Crippen MR) is 96.8 cm³/mol. The van der Waals surface area contributed by atoms with E-state index in [0.29, 0.717) is 16.7 Å². The lowest BCUT2D eigenvalue weighted by Gasteiger charge is -2.14. The summed E-state index contributed by atoms with van der Waals surface area (Å²) in [5.74, 6) is -0.155. The van der Waals surface area contributed by atoms with Crippen LogP contribution in [0.4, 0.5) is 24.8 Å². The molecule has 0 saturated heterocycles. The van der Waals surface area contributed by atoms with Crippen molar-refractivity contribution in [2.24, 2.45) is 7.05 Å². The Morgan fingerprint density at radius 2 is 1.96 bits per heavy atom. The van der Waals surface area contributed by atoms with Gasteiger partial charge in [0.2, 0.25) is 0 Å². The smallest absolute Gasteiger partial charge is 0.422 e. The van der Waals surface area contributed by atoms with Crippen molar-refractivity contribution in [1.29, 1.82) is 0 Å². The van der Waals surface area contributed by atoms with Crippen LogP contribution >= 0.6 is 0 Å². The van der Waals surface area contributed by atoms with Gasteiger partial charge < -0.3 is 15.8 Å². The highest BCUT2D eigenvalue weighted by Gasteiger charge is 2.29. The number of aryl methyl sites for hydroxylation is 1. The number of nitrogens with one attached hydrogen (secondary N) is 1. The largest absolute Gasteiger partial charge is 0.483 e. The summed E-state index contributed by atoms with van der Waals surface area (Å²) in [6.45, 7) is -1.42. The number of anilines is 2. The Hall–Kier alpha value is -3.56. The van der Waals surface area contributed by atoms with Crippen molar-refractivity contribution < 1.29 is 22.7 Å². The number of nitrogens with zero attached hydrogens (tertiary/aromatic N) is 3. The van der Waals surface area contributed by atoms with Crippen LogP contribution in [0.5, 0.6) is 5.75 Å². The van der Waals surface area contributed by atoms with E-state index in [1.165, 1.54) is 23.0 Å². The number of hydrogen-bond acceptors (Lipinski definition) is 5. The van der Waals surface area contributed by atoms with Crippen molar-refractivity contribution in [2.45, 2.75) is 6.18 Å². The van der Waals surface area contributed by atoms with E-state index >= 15 is 0 Å². The van der Waals surface area contributed by atoms with E-state index in [-0.39, 0.29) is 17.4 Å². The molecule has 0 aliphatic heterocycles. The number of benzene rings is 1. The van der Waals surface area contributed by atoms with E-state index in [4.69, 9.17) is 10.5 Å². The normalized spacial score (nSPS) is 11.3. The van der Waals surface area contributed by atoms with Crippen LogP contribution in [0.3, 0.4) is 0 Å². The fourth-order valence-corrected chi connectivity index (χ4v) is 2.47. The third-order valence-electron chi connectivity index (χ3n) is 3.70. The average Bonchev–Trinajstić information content (AvgIpc) is 3.06. The van der Waals surface area contributed by atoms with Crippen LogP contribution in [-0.2, 0) is 7.05 Å². The highest BCUT2D eigenvalue weighted by molar-refractivity contribution is 6.03. The average molecular weight is 391 g/mol. The van der Waals surface area contributed by atoms with Crippen molar-refractivity contribution in [3.8, 4) is 16.9 Å². The van der Waals surface area contributed by atoms with Crippen LogP contribution in [0.2, 0.25) is 0 Å². The Bertz CT molecular complexity index is 1000. The topological polar surface area (TPSA) is 95.1 Å². The third-order valence-corrected chi connectivity index (χ3v) is 3.70. The van der Waals surface area contributed by atoms with Gasteiger partial charge in [0.25, 0.3) is 5.91 Å². The molecule has 2 aromatic heterocycles. The molecule has 0 spiro atoms. The van der Waals surface area contributed by atoms with Gasteiger partial charge >= 0.3 is 6.18 Å². The number of hydrogen-bond donors (Lipinski definition) is 2. The van der Waals surface area contributed by atoms with Gasteiger partial charge in [0.1, 0.15) is 17.4 Å². The molecule has 3 N–H and O–H groups in total. The standard InChI is InChI=1S/C18H16F3N5O2/c1-26-9-11(8-23-26)17(27)25-15-7-6-13(16(22)24-15)12-4-2-3-5-14(12)28-10-18(19,20)21/h2-9H,10H2,1H3,(H3,22,24,25,27). The molecular formula is C18H16F3N5O2. The second-order valence-corrected chi connectivity index (χ2v) is 5.89. The Balaban J connectivity index is 1.82. The van der Waals surface area contributed by atoms with Gasteiger partial charge in [-0.1, -0.05) is 18.2 Å². The Morgan fingerprint density at radius 1 is 1.21 bits per heavy atom. The van der Waals surface area contributed by atoms with Gasteiger partial charge in [-0.25, -0.2) is 4.98 Å². The number of rotatable bonds is 5. The molecule has 3 rings (SSSR count). The van der Waals surface area contributed by atoms with Gasteiger partial charge in [0.15, 0.2) is 6.61 Å². The van der Waals surface area contributed by atoms with Crippen LogP contribution in [0.15, 0.2) is 48.8 Å². The summed E-state index contributed by atoms with van der Waals surface area (Å²) >= 11 is 0. The first-order valence-electron chi connectivity index (χ1n) is 8.08. The van der Waals surface area contributed by atoms with Crippen molar-refractivity contribution in [1.82, 2.24) is 14.8 Å². The first-order valence-corrected chi connectivity index (χ1v) is 8.08. The Labute approximate surface area is 157 Å². The molecule has 0 radical (unpaired) electrons. The summed E-state index contributed by atoms with van der Waals surface area (Å²) in [6, 6.07) is 9.25. The lowest BCUT2D eigenvalue weighted by molar-refractivity contribution is -0.153. The maximum absolute atomic E-state index is 12.5. The number of amides is 1. The molecule has 0 atom stereocenters. The fraction of sp³-hybridized carbons (Fsp3) is 0.167. The number of nitrogen functional groups attached to an aromatic ring is 1. The lowest BCUT2D eigenvalue weighted by atomic mass is 10.1. The summed E-state index contributed by atoms with van der Waals surface area (Å²) in [4.78, 5) is 16.3. The molecule has 0 saturated carbocycles. The molecule has 1 amide bonds. The quantitative estimate of drug-likeness (QED) is 0.696. The summed E-state index contributed by atoms with van der Waals surface area (Å²) in [5, 5.41) is 6.50. The van der Waals surface area contributed by atoms with Crippen LogP contribution in [0, 0.1) is 0 Å². The molecule has 28 heavy (non-hydrogen) atoms. The Morgan fingerprint density at radius 3 is 2.61 bits per heavy atom. The number of carbonyl (C=O) groups is 1. The molecule has 146 valence electrons. The van der Waals surface area contributed by atoms with E-state index < -0.39 is 18.7 Å². The first-order chi connectivity index (χ1) is 13.2.